The minimum Gasteiger partial charge on any atom is -0.389 e. The van der Waals surface area contributed by atoms with Gasteiger partial charge in [-0.3, -0.25) is 0 Å². The van der Waals surface area contributed by atoms with Crippen LogP contribution in [0, 0.1) is 0 Å². The van der Waals surface area contributed by atoms with Crippen molar-refractivity contribution in [1.82, 2.24) is 0 Å². The van der Waals surface area contributed by atoms with Gasteiger partial charge in [-0.05, 0) is 30.5 Å². The van der Waals surface area contributed by atoms with Crippen LogP contribution < -0.4 is 5.73 Å². The topological polar surface area (TPSA) is 46.2 Å². The molecule has 1 aromatic rings. The number of hydrogen-bond donors (Lipinski definition) is 2. The summed E-state index contributed by atoms with van der Waals surface area (Å²) < 4.78 is 0. The van der Waals surface area contributed by atoms with Gasteiger partial charge in [-0.15, -0.1) is 11.8 Å². The zero-order valence-electron chi connectivity index (χ0n) is 11.3. The van der Waals surface area contributed by atoms with Crippen LogP contribution in [0.1, 0.15) is 37.7 Å². The molecule has 0 aromatic heterocycles. The van der Waals surface area contributed by atoms with E-state index in [1.165, 1.54) is 16.9 Å². The molecule has 1 aromatic carbocycles. The van der Waals surface area contributed by atoms with Gasteiger partial charge < -0.3 is 10.8 Å². The summed E-state index contributed by atoms with van der Waals surface area (Å²) in [5.74, 6) is 0.803. The van der Waals surface area contributed by atoms with Crippen LogP contribution in [0.25, 0.3) is 6.08 Å². The Morgan fingerprint density at radius 3 is 2.79 bits per heavy atom. The summed E-state index contributed by atoms with van der Waals surface area (Å²) in [6, 6.07) is 8.40. The molecule has 3 N–H and O–H groups in total. The highest BCUT2D eigenvalue weighted by molar-refractivity contribution is 7.99. The predicted molar refractivity (Wildman–Crippen MR) is 83.3 cm³/mol. The van der Waals surface area contributed by atoms with E-state index in [0.717, 1.165) is 31.4 Å². The number of thioether (sulfide) groups is 1. The van der Waals surface area contributed by atoms with Crippen LogP contribution in [0.2, 0.25) is 0 Å². The van der Waals surface area contributed by atoms with Gasteiger partial charge in [-0.25, -0.2) is 0 Å². The van der Waals surface area contributed by atoms with Crippen molar-refractivity contribution < 1.29 is 5.11 Å². The maximum Gasteiger partial charge on any atom is 0.0741 e. The first kappa shape index (κ1) is 14.6. The second-order valence-electron chi connectivity index (χ2n) is 5.28. The molecule has 19 heavy (non-hydrogen) atoms. The number of benzene rings is 1. The highest BCUT2D eigenvalue weighted by atomic mass is 32.2. The predicted octanol–water partition coefficient (Wildman–Crippen LogP) is 3.45. The summed E-state index contributed by atoms with van der Waals surface area (Å²) in [6.07, 6.45) is 9.50. The summed E-state index contributed by atoms with van der Waals surface area (Å²) >= 11 is 1.76. The Kier molecular flexibility index (Phi) is 5.49. The van der Waals surface area contributed by atoms with E-state index in [1.807, 2.05) is 12.2 Å². The van der Waals surface area contributed by atoms with Crippen LogP contribution in [-0.4, -0.2) is 23.0 Å². The van der Waals surface area contributed by atoms with Crippen molar-refractivity contribution in [2.75, 3.05) is 12.3 Å². The van der Waals surface area contributed by atoms with E-state index < -0.39 is 5.60 Å². The second-order valence-corrected chi connectivity index (χ2v) is 6.33. The molecule has 0 bridgehead atoms. The first-order valence-corrected chi connectivity index (χ1v) is 8.02. The summed E-state index contributed by atoms with van der Waals surface area (Å²) in [5.41, 5.74) is 6.18. The SMILES string of the molecule is NCC=Cc1cccc(SCC2(O)CCCCC2)c1. The maximum absolute atomic E-state index is 10.5. The molecule has 0 amide bonds. The van der Waals surface area contributed by atoms with Crippen molar-refractivity contribution in [2.24, 2.45) is 5.73 Å². The smallest absolute Gasteiger partial charge is 0.0741 e. The van der Waals surface area contributed by atoms with Gasteiger partial charge in [0.25, 0.3) is 0 Å². The molecule has 0 aliphatic heterocycles. The van der Waals surface area contributed by atoms with E-state index in [9.17, 15) is 5.11 Å². The fourth-order valence-electron chi connectivity index (χ4n) is 2.48. The van der Waals surface area contributed by atoms with E-state index >= 15 is 0 Å². The van der Waals surface area contributed by atoms with Crippen LogP contribution in [0.3, 0.4) is 0 Å². The van der Waals surface area contributed by atoms with Crippen LogP contribution in [0.15, 0.2) is 35.2 Å². The van der Waals surface area contributed by atoms with Crippen molar-refractivity contribution in [3.8, 4) is 0 Å². The standard InChI is InChI=1S/C16H23NOS/c17-11-5-7-14-6-4-8-15(12-14)19-13-16(18)9-2-1-3-10-16/h4-8,12,18H,1-3,9-11,13,17H2. The first-order valence-electron chi connectivity index (χ1n) is 7.04. The Morgan fingerprint density at radius 2 is 2.05 bits per heavy atom. The average molecular weight is 277 g/mol. The Bertz CT molecular complexity index is 425. The molecule has 0 unspecified atom stereocenters. The Labute approximate surface area is 120 Å². The van der Waals surface area contributed by atoms with Gasteiger partial charge in [-0.1, -0.05) is 43.5 Å². The molecule has 0 radical (unpaired) electrons. The van der Waals surface area contributed by atoms with E-state index in [2.05, 4.69) is 24.3 Å². The fraction of sp³-hybridized carbons (Fsp3) is 0.500. The summed E-state index contributed by atoms with van der Waals surface area (Å²) in [7, 11) is 0. The van der Waals surface area contributed by atoms with E-state index in [0.29, 0.717) is 6.54 Å². The van der Waals surface area contributed by atoms with Gasteiger partial charge in [-0.2, -0.15) is 0 Å². The summed E-state index contributed by atoms with van der Waals surface area (Å²) in [4.78, 5) is 1.22. The van der Waals surface area contributed by atoms with E-state index in [1.54, 1.807) is 11.8 Å². The number of hydrogen-bond acceptors (Lipinski definition) is 3. The number of nitrogens with two attached hydrogens (primary N) is 1. The molecule has 2 rings (SSSR count). The Hall–Kier alpha value is -0.770. The van der Waals surface area contributed by atoms with Crippen LogP contribution in [0.4, 0.5) is 0 Å². The van der Waals surface area contributed by atoms with Gasteiger partial charge in [0.15, 0.2) is 0 Å². The molecular weight excluding hydrogens is 254 g/mol. The summed E-state index contributed by atoms with van der Waals surface area (Å²) in [5, 5.41) is 10.5. The Balaban J connectivity index is 1.93. The molecule has 0 saturated heterocycles. The van der Waals surface area contributed by atoms with Crippen LogP contribution in [-0.2, 0) is 0 Å². The largest absolute Gasteiger partial charge is 0.389 e. The molecule has 3 heteroatoms. The number of aliphatic hydroxyl groups is 1. The first-order chi connectivity index (χ1) is 9.22. The molecule has 104 valence electrons. The summed E-state index contributed by atoms with van der Waals surface area (Å²) in [6.45, 7) is 0.567. The third kappa shape index (κ3) is 4.68. The molecule has 0 heterocycles. The lowest BCUT2D eigenvalue weighted by Gasteiger charge is -2.31. The van der Waals surface area contributed by atoms with Crippen LogP contribution >= 0.6 is 11.8 Å². The fourth-order valence-corrected chi connectivity index (χ4v) is 3.60. The molecule has 0 atom stereocenters. The van der Waals surface area contributed by atoms with E-state index in [4.69, 9.17) is 5.73 Å². The molecule has 1 saturated carbocycles. The maximum atomic E-state index is 10.5. The zero-order valence-corrected chi connectivity index (χ0v) is 12.2. The van der Waals surface area contributed by atoms with Crippen molar-refractivity contribution >= 4 is 17.8 Å². The molecule has 2 nitrogen and oxygen atoms in total. The lowest BCUT2D eigenvalue weighted by Crippen LogP contribution is -2.33. The Morgan fingerprint density at radius 1 is 1.26 bits per heavy atom. The van der Waals surface area contributed by atoms with Gasteiger partial charge >= 0.3 is 0 Å². The van der Waals surface area contributed by atoms with Crippen LogP contribution in [0.5, 0.6) is 0 Å². The lowest BCUT2D eigenvalue weighted by atomic mass is 9.86. The second kappa shape index (κ2) is 7.13. The minimum atomic E-state index is -0.452. The van der Waals surface area contributed by atoms with Gasteiger partial charge in [0.1, 0.15) is 0 Å². The zero-order chi connectivity index (χ0) is 13.6. The minimum absolute atomic E-state index is 0.452. The highest BCUT2D eigenvalue weighted by Crippen LogP contribution is 2.33. The molecular formula is C16H23NOS. The molecule has 1 aliphatic rings. The molecule has 1 fully saturated rings. The van der Waals surface area contributed by atoms with Gasteiger partial charge in [0.2, 0.25) is 0 Å². The van der Waals surface area contributed by atoms with E-state index in [-0.39, 0.29) is 0 Å². The third-order valence-corrected chi connectivity index (χ3v) is 4.87. The van der Waals surface area contributed by atoms with Crippen molar-refractivity contribution in [1.29, 1.82) is 0 Å². The highest BCUT2D eigenvalue weighted by Gasteiger charge is 2.28. The molecule has 0 spiro atoms. The number of rotatable bonds is 5. The average Bonchev–Trinajstić information content (AvgIpc) is 2.44. The monoisotopic (exact) mass is 277 g/mol. The normalized spacial score (nSPS) is 18.8. The van der Waals surface area contributed by atoms with Gasteiger partial charge in [0.05, 0.1) is 5.60 Å². The van der Waals surface area contributed by atoms with Crippen molar-refractivity contribution in [2.45, 2.75) is 42.6 Å². The third-order valence-electron chi connectivity index (χ3n) is 3.60. The van der Waals surface area contributed by atoms with Crippen molar-refractivity contribution in [3.63, 3.8) is 0 Å². The quantitative estimate of drug-likeness (QED) is 0.810. The lowest BCUT2D eigenvalue weighted by molar-refractivity contribution is 0.0273. The van der Waals surface area contributed by atoms with Gasteiger partial charge in [0, 0.05) is 17.2 Å². The molecule has 1 aliphatic carbocycles. The van der Waals surface area contributed by atoms with Crippen molar-refractivity contribution in [3.05, 3.63) is 35.9 Å².